The van der Waals surface area contributed by atoms with Crippen molar-refractivity contribution in [2.75, 3.05) is 6.61 Å². The zero-order valence-electron chi connectivity index (χ0n) is 13.7. The summed E-state index contributed by atoms with van der Waals surface area (Å²) in [6.45, 7) is 1.48. The molecule has 4 rings (SSSR count). The first-order valence-corrected chi connectivity index (χ1v) is 9.71. The lowest BCUT2D eigenvalue weighted by molar-refractivity contribution is 0.0950. The Morgan fingerprint density at radius 3 is 2.88 bits per heavy atom. The third-order valence-corrected chi connectivity index (χ3v) is 5.92. The molecule has 0 N–H and O–H groups in total. The first kappa shape index (κ1) is 15.9. The summed E-state index contributed by atoms with van der Waals surface area (Å²) in [5.74, 6) is 0.857. The van der Waals surface area contributed by atoms with E-state index in [1.807, 2.05) is 22.8 Å². The molecule has 1 aliphatic carbocycles. The summed E-state index contributed by atoms with van der Waals surface area (Å²) >= 11 is 1.69. The lowest BCUT2D eigenvalue weighted by atomic mass is 10.2. The molecule has 24 heavy (non-hydrogen) atoms. The molecule has 0 bridgehead atoms. The molecule has 1 fully saturated rings. The Kier molecular flexibility index (Phi) is 4.72. The van der Waals surface area contributed by atoms with Gasteiger partial charge in [0.05, 0.1) is 12.6 Å². The monoisotopic (exact) mass is 342 g/mol. The van der Waals surface area contributed by atoms with E-state index in [4.69, 9.17) is 4.74 Å². The van der Waals surface area contributed by atoms with E-state index < -0.39 is 0 Å². The highest BCUT2D eigenvalue weighted by Crippen LogP contribution is 2.31. The van der Waals surface area contributed by atoms with Gasteiger partial charge in [0.25, 0.3) is 0 Å². The van der Waals surface area contributed by atoms with Crippen molar-refractivity contribution in [1.29, 1.82) is 0 Å². The first-order chi connectivity index (χ1) is 11.8. The molecule has 1 aromatic carbocycles. The SMILES string of the molecule is O=c1nc(SCc2ccccc2)c2c(n1CC1CCCO1)CCC2. The second-order valence-electron chi connectivity index (χ2n) is 6.50. The number of aromatic nitrogens is 2. The van der Waals surface area contributed by atoms with Crippen LogP contribution in [0, 0.1) is 0 Å². The zero-order valence-corrected chi connectivity index (χ0v) is 14.6. The van der Waals surface area contributed by atoms with Gasteiger partial charge in [-0.1, -0.05) is 30.3 Å². The summed E-state index contributed by atoms with van der Waals surface area (Å²) in [4.78, 5) is 17.0. The van der Waals surface area contributed by atoms with Crippen LogP contribution in [0.2, 0.25) is 0 Å². The molecule has 5 heteroatoms. The van der Waals surface area contributed by atoms with Gasteiger partial charge >= 0.3 is 5.69 Å². The Labute approximate surface area is 146 Å². The third kappa shape index (κ3) is 3.28. The van der Waals surface area contributed by atoms with Crippen molar-refractivity contribution < 1.29 is 4.74 Å². The standard InChI is InChI=1S/C19H22N2O2S/c22-19-20-18(24-13-14-6-2-1-3-7-14)16-9-4-10-17(16)21(19)12-15-8-5-11-23-15/h1-3,6-7,15H,4-5,8-13H2. The molecule has 2 aromatic rings. The Balaban J connectivity index is 1.58. The summed E-state index contributed by atoms with van der Waals surface area (Å²) in [5, 5.41) is 0.931. The topological polar surface area (TPSA) is 44.1 Å². The Bertz CT molecular complexity index is 767. The summed E-state index contributed by atoms with van der Waals surface area (Å²) in [6, 6.07) is 10.4. The molecule has 0 amide bonds. The molecular formula is C19H22N2O2S. The van der Waals surface area contributed by atoms with Gasteiger partial charge in [-0.15, -0.1) is 11.8 Å². The van der Waals surface area contributed by atoms with E-state index in [9.17, 15) is 4.79 Å². The van der Waals surface area contributed by atoms with Crippen LogP contribution in [-0.2, 0) is 29.9 Å². The van der Waals surface area contributed by atoms with E-state index in [0.29, 0.717) is 6.54 Å². The first-order valence-electron chi connectivity index (χ1n) is 8.72. The number of rotatable bonds is 5. The maximum absolute atomic E-state index is 12.6. The maximum atomic E-state index is 12.6. The highest BCUT2D eigenvalue weighted by molar-refractivity contribution is 7.98. The van der Waals surface area contributed by atoms with Gasteiger partial charge in [0.15, 0.2) is 0 Å². The van der Waals surface area contributed by atoms with Crippen LogP contribution in [0.1, 0.15) is 36.1 Å². The molecule has 0 radical (unpaired) electrons. The van der Waals surface area contributed by atoms with Crippen molar-refractivity contribution in [2.24, 2.45) is 0 Å². The Morgan fingerprint density at radius 2 is 2.08 bits per heavy atom. The fourth-order valence-electron chi connectivity index (χ4n) is 3.61. The van der Waals surface area contributed by atoms with E-state index in [1.165, 1.54) is 16.8 Å². The second-order valence-corrected chi connectivity index (χ2v) is 7.46. The lowest BCUT2D eigenvalue weighted by Crippen LogP contribution is -2.31. The zero-order chi connectivity index (χ0) is 16.4. The van der Waals surface area contributed by atoms with Gasteiger partial charge in [0.1, 0.15) is 5.03 Å². The molecular weight excluding hydrogens is 320 g/mol. The van der Waals surface area contributed by atoms with Gasteiger partial charge in [-0.25, -0.2) is 4.79 Å². The predicted octanol–water partition coefficient (Wildman–Crippen LogP) is 3.20. The molecule has 1 saturated heterocycles. The minimum atomic E-state index is -0.110. The Morgan fingerprint density at radius 1 is 1.21 bits per heavy atom. The molecule has 126 valence electrons. The second kappa shape index (κ2) is 7.11. The number of benzene rings is 1. The molecule has 1 aromatic heterocycles. The fourth-order valence-corrected chi connectivity index (χ4v) is 4.64. The minimum Gasteiger partial charge on any atom is -0.376 e. The number of ether oxygens (including phenoxy) is 1. The fraction of sp³-hybridized carbons (Fsp3) is 0.474. The number of nitrogens with zero attached hydrogens (tertiary/aromatic N) is 2. The quantitative estimate of drug-likeness (QED) is 0.618. The van der Waals surface area contributed by atoms with Crippen LogP contribution in [0.5, 0.6) is 0 Å². The van der Waals surface area contributed by atoms with Crippen molar-refractivity contribution >= 4 is 11.8 Å². The lowest BCUT2D eigenvalue weighted by Gasteiger charge is -2.17. The van der Waals surface area contributed by atoms with Gasteiger partial charge in [0, 0.05) is 23.6 Å². The largest absolute Gasteiger partial charge is 0.376 e. The maximum Gasteiger partial charge on any atom is 0.348 e. The number of hydrogen-bond donors (Lipinski definition) is 0. The molecule has 0 spiro atoms. The van der Waals surface area contributed by atoms with Crippen LogP contribution >= 0.6 is 11.8 Å². The van der Waals surface area contributed by atoms with Gasteiger partial charge in [-0.05, 0) is 37.7 Å². The van der Waals surface area contributed by atoms with E-state index in [2.05, 4.69) is 17.1 Å². The smallest absolute Gasteiger partial charge is 0.348 e. The van der Waals surface area contributed by atoms with Crippen LogP contribution in [0.4, 0.5) is 0 Å². The molecule has 1 atom stereocenters. The molecule has 0 saturated carbocycles. The van der Waals surface area contributed by atoms with E-state index in [-0.39, 0.29) is 11.8 Å². The molecule has 4 nitrogen and oxygen atoms in total. The number of thioether (sulfide) groups is 1. The van der Waals surface area contributed by atoms with Crippen molar-refractivity contribution in [3.63, 3.8) is 0 Å². The highest BCUT2D eigenvalue weighted by Gasteiger charge is 2.25. The average molecular weight is 342 g/mol. The van der Waals surface area contributed by atoms with Crippen LogP contribution in [0.3, 0.4) is 0 Å². The van der Waals surface area contributed by atoms with Crippen LogP contribution in [0.15, 0.2) is 40.2 Å². The molecule has 2 aliphatic rings. The summed E-state index contributed by atoms with van der Waals surface area (Å²) in [7, 11) is 0. The van der Waals surface area contributed by atoms with E-state index >= 15 is 0 Å². The van der Waals surface area contributed by atoms with Crippen LogP contribution in [0.25, 0.3) is 0 Å². The summed E-state index contributed by atoms with van der Waals surface area (Å²) in [5.41, 5.74) is 3.64. The van der Waals surface area contributed by atoms with Gasteiger partial charge in [-0.2, -0.15) is 4.98 Å². The van der Waals surface area contributed by atoms with Crippen molar-refractivity contribution in [3.8, 4) is 0 Å². The van der Waals surface area contributed by atoms with Gasteiger partial charge < -0.3 is 4.74 Å². The van der Waals surface area contributed by atoms with E-state index in [1.54, 1.807) is 11.8 Å². The molecule has 1 aliphatic heterocycles. The normalized spacial score (nSPS) is 19.6. The molecule has 1 unspecified atom stereocenters. The van der Waals surface area contributed by atoms with Crippen molar-refractivity contribution in [1.82, 2.24) is 9.55 Å². The predicted molar refractivity (Wildman–Crippen MR) is 95.5 cm³/mol. The number of fused-ring (bicyclic) bond motifs is 1. The van der Waals surface area contributed by atoms with Gasteiger partial charge in [0.2, 0.25) is 0 Å². The van der Waals surface area contributed by atoms with Crippen LogP contribution < -0.4 is 5.69 Å². The Hall–Kier alpha value is -1.59. The summed E-state index contributed by atoms with van der Waals surface area (Å²) < 4.78 is 7.59. The van der Waals surface area contributed by atoms with Crippen LogP contribution in [-0.4, -0.2) is 22.3 Å². The highest BCUT2D eigenvalue weighted by atomic mass is 32.2. The number of hydrogen-bond acceptors (Lipinski definition) is 4. The molecule has 2 heterocycles. The average Bonchev–Trinajstić information content (AvgIpc) is 3.28. The van der Waals surface area contributed by atoms with Gasteiger partial charge in [-0.3, -0.25) is 4.57 Å². The summed E-state index contributed by atoms with van der Waals surface area (Å²) in [6.07, 6.45) is 5.46. The van der Waals surface area contributed by atoms with Crippen molar-refractivity contribution in [2.45, 2.75) is 55.5 Å². The van der Waals surface area contributed by atoms with Crippen molar-refractivity contribution in [3.05, 3.63) is 57.6 Å². The minimum absolute atomic E-state index is 0.110. The third-order valence-electron chi connectivity index (χ3n) is 4.83. The van der Waals surface area contributed by atoms with E-state index in [0.717, 1.165) is 49.5 Å².